The number of carboxylic acid groups (broad SMARTS) is 1. The molecule has 1 aromatic rings. The molecule has 7 nitrogen and oxygen atoms in total. The van der Waals surface area contributed by atoms with E-state index >= 15 is 0 Å². The van der Waals surface area contributed by atoms with Crippen LogP contribution in [0.2, 0.25) is 0 Å². The van der Waals surface area contributed by atoms with E-state index in [0.29, 0.717) is 23.6 Å². The number of carbonyl (C=O) groups excluding carboxylic acids is 1. The van der Waals surface area contributed by atoms with Gasteiger partial charge in [-0.25, -0.2) is 0 Å². The first-order valence-electron chi connectivity index (χ1n) is 6.76. The van der Waals surface area contributed by atoms with Crippen molar-refractivity contribution in [1.82, 2.24) is 5.32 Å². The summed E-state index contributed by atoms with van der Waals surface area (Å²) in [7, 11) is 0. The number of carboxylic acids is 1. The van der Waals surface area contributed by atoms with Crippen LogP contribution in [0.3, 0.4) is 0 Å². The fourth-order valence-corrected chi connectivity index (χ4v) is 2.00. The van der Waals surface area contributed by atoms with Crippen molar-refractivity contribution in [2.75, 3.05) is 18.7 Å². The van der Waals surface area contributed by atoms with Crippen LogP contribution < -0.4 is 20.1 Å². The van der Waals surface area contributed by atoms with Crippen LogP contribution in [0.25, 0.3) is 0 Å². The van der Waals surface area contributed by atoms with Crippen LogP contribution in [-0.4, -0.2) is 36.4 Å². The summed E-state index contributed by atoms with van der Waals surface area (Å²) in [5.74, 6) is -0.0425. The fraction of sp³-hybridized carbons (Fsp3) is 0.429. The van der Waals surface area contributed by atoms with E-state index < -0.39 is 12.0 Å². The number of anilines is 1. The van der Waals surface area contributed by atoms with Gasteiger partial charge in [-0.15, -0.1) is 0 Å². The van der Waals surface area contributed by atoms with Gasteiger partial charge >= 0.3 is 5.97 Å². The van der Waals surface area contributed by atoms with Crippen LogP contribution >= 0.6 is 0 Å². The fourth-order valence-electron chi connectivity index (χ4n) is 2.00. The highest BCUT2D eigenvalue weighted by atomic mass is 16.7. The monoisotopic (exact) mass is 294 g/mol. The number of rotatable bonds is 7. The van der Waals surface area contributed by atoms with Gasteiger partial charge in [0.05, 0.1) is 6.54 Å². The number of nitrogens with one attached hydrogen (secondary N) is 2. The number of aliphatic carboxylic acids is 1. The van der Waals surface area contributed by atoms with Crippen molar-refractivity contribution in [3.05, 3.63) is 18.2 Å². The molecule has 0 aliphatic carbocycles. The van der Waals surface area contributed by atoms with Crippen molar-refractivity contribution in [2.24, 2.45) is 0 Å². The largest absolute Gasteiger partial charge is 0.480 e. The van der Waals surface area contributed by atoms with Gasteiger partial charge in [-0.1, -0.05) is 13.3 Å². The molecule has 2 rings (SSSR count). The number of amides is 1. The Kier molecular flexibility index (Phi) is 4.99. The van der Waals surface area contributed by atoms with E-state index in [1.165, 1.54) is 0 Å². The molecule has 114 valence electrons. The van der Waals surface area contributed by atoms with Crippen molar-refractivity contribution < 1.29 is 24.2 Å². The van der Waals surface area contributed by atoms with E-state index in [1.807, 2.05) is 6.92 Å². The Morgan fingerprint density at radius 3 is 2.81 bits per heavy atom. The number of hydrogen-bond acceptors (Lipinski definition) is 5. The molecule has 1 heterocycles. The summed E-state index contributed by atoms with van der Waals surface area (Å²) >= 11 is 0. The smallest absolute Gasteiger partial charge is 0.320 e. The maximum Gasteiger partial charge on any atom is 0.320 e. The van der Waals surface area contributed by atoms with Crippen LogP contribution in [-0.2, 0) is 9.59 Å². The van der Waals surface area contributed by atoms with Gasteiger partial charge in [0.15, 0.2) is 11.5 Å². The molecule has 1 amide bonds. The highest BCUT2D eigenvalue weighted by molar-refractivity contribution is 5.93. The third-order valence-corrected chi connectivity index (χ3v) is 3.04. The number of hydrogen-bond donors (Lipinski definition) is 3. The van der Waals surface area contributed by atoms with Gasteiger partial charge in [0, 0.05) is 11.8 Å². The summed E-state index contributed by atoms with van der Waals surface area (Å²) in [4.78, 5) is 22.8. The zero-order valence-electron chi connectivity index (χ0n) is 11.7. The normalized spacial score (nSPS) is 13.8. The minimum absolute atomic E-state index is 0.0641. The van der Waals surface area contributed by atoms with Gasteiger partial charge < -0.3 is 19.9 Å². The number of benzene rings is 1. The van der Waals surface area contributed by atoms with E-state index in [2.05, 4.69) is 10.6 Å². The summed E-state index contributed by atoms with van der Waals surface area (Å²) in [5, 5.41) is 14.4. The number of fused-ring (bicyclic) bond motifs is 1. The second-order valence-electron chi connectivity index (χ2n) is 4.68. The van der Waals surface area contributed by atoms with Gasteiger partial charge in [0.1, 0.15) is 6.04 Å². The van der Waals surface area contributed by atoms with Gasteiger partial charge in [0.25, 0.3) is 0 Å². The van der Waals surface area contributed by atoms with Crippen LogP contribution in [0.15, 0.2) is 18.2 Å². The van der Waals surface area contributed by atoms with Crippen molar-refractivity contribution in [3.8, 4) is 11.5 Å². The lowest BCUT2D eigenvalue weighted by Crippen LogP contribution is -2.41. The van der Waals surface area contributed by atoms with Crippen LogP contribution in [0.1, 0.15) is 19.8 Å². The maximum absolute atomic E-state index is 11.8. The molecule has 3 N–H and O–H groups in total. The molecule has 0 bridgehead atoms. The Morgan fingerprint density at radius 1 is 1.33 bits per heavy atom. The van der Waals surface area contributed by atoms with E-state index in [0.717, 1.165) is 6.42 Å². The Balaban J connectivity index is 1.85. The minimum Gasteiger partial charge on any atom is -0.480 e. The van der Waals surface area contributed by atoms with Crippen LogP contribution in [0.4, 0.5) is 5.69 Å². The SMILES string of the molecule is CCCC(NCC(=O)Nc1ccc2c(c1)OCO2)C(=O)O. The second-order valence-corrected chi connectivity index (χ2v) is 4.68. The first-order valence-corrected chi connectivity index (χ1v) is 6.76. The molecule has 1 atom stereocenters. The highest BCUT2D eigenvalue weighted by Crippen LogP contribution is 2.34. The summed E-state index contributed by atoms with van der Waals surface area (Å²) in [6.45, 7) is 2.00. The molecule has 0 saturated carbocycles. The molecular formula is C14H18N2O5. The topological polar surface area (TPSA) is 96.9 Å². The molecule has 0 saturated heterocycles. The zero-order valence-corrected chi connectivity index (χ0v) is 11.7. The Bertz CT molecular complexity index is 532. The Labute approximate surface area is 122 Å². The first-order chi connectivity index (χ1) is 10.1. The quantitative estimate of drug-likeness (QED) is 0.699. The Hall–Kier alpha value is -2.28. The Morgan fingerprint density at radius 2 is 2.10 bits per heavy atom. The molecule has 1 aliphatic heterocycles. The average Bonchev–Trinajstić information content (AvgIpc) is 2.90. The summed E-state index contributed by atoms with van der Waals surface area (Å²) in [6, 6.07) is 4.37. The summed E-state index contributed by atoms with van der Waals surface area (Å²) in [6.07, 6.45) is 1.21. The third kappa shape index (κ3) is 4.09. The lowest BCUT2D eigenvalue weighted by molar-refractivity contribution is -0.139. The van der Waals surface area contributed by atoms with Gasteiger partial charge in [-0.3, -0.25) is 14.9 Å². The van der Waals surface area contributed by atoms with E-state index in [1.54, 1.807) is 18.2 Å². The van der Waals surface area contributed by atoms with Crippen LogP contribution in [0.5, 0.6) is 11.5 Å². The molecule has 1 aliphatic rings. The number of carbonyl (C=O) groups is 2. The number of ether oxygens (including phenoxy) is 2. The maximum atomic E-state index is 11.8. The van der Waals surface area contributed by atoms with Gasteiger partial charge in [-0.2, -0.15) is 0 Å². The lowest BCUT2D eigenvalue weighted by Gasteiger charge is -2.13. The summed E-state index contributed by atoms with van der Waals surface area (Å²) in [5.41, 5.74) is 0.577. The van der Waals surface area contributed by atoms with Crippen molar-refractivity contribution >= 4 is 17.6 Å². The molecule has 21 heavy (non-hydrogen) atoms. The van der Waals surface area contributed by atoms with E-state index in [4.69, 9.17) is 14.6 Å². The van der Waals surface area contributed by atoms with Crippen molar-refractivity contribution in [2.45, 2.75) is 25.8 Å². The van der Waals surface area contributed by atoms with Crippen LogP contribution in [0, 0.1) is 0 Å². The minimum atomic E-state index is -0.951. The molecule has 1 aromatic carbocycles. The third-order valence-electron chi connectivity index (χ3n) is 3.04. The standard InChI is InChI=1S/C14H18N2O5/c1-2-3-10(14(18)19)15-7-13(17)16-9-4-5-11-12(6-9)21-8-20-11/h4-6,10,15H,2-3,7-8H2,1H3,(H,16,17)(H,18,19). The molecule has 0 spiro atoms. The average molecular weight is 294 g/mol. The first kappa shape index (κ1) is 15.1. The van der Waals surface area contributed by atoms with Crippen molar-refractivity contribution in [3.63, 3.8) is 0 Å². The second kappa shape index (κ2) is 6.94. The molecule has 1 unspecified atom stereocenters. The molecule has 7 heteroatoms. The van der Waals surface area contributed by atoms with Gasteiger partial charge in [-0.05, 0) is 18.6 Å². The zero-order chi connectivity index (χ0) is 15.2. The molecule has 0 radical (unpaired) electrons. The van der Waals surface area contributed by atoms with E-state index in [-0.39, 0.29) is 19.2 Å². The van der Waals surface area contributed by atoms with Crippen molar-refractivity contribution in [1.29, 1.82) is 0 Å². The molecule has 0 fully saturated rings. The van der Waals surface area contributed by atoms with Gasteiger partial charge in [0.2, 0.25) is 12.7 Å². The molecule has 0 aromatic heterocycles. The predicted octanol–water partition coefficient (Wildman–Crippen LogP) is 1.20. The van der Waals surface area contributed by atoms with E-state index in [9.17, 15) is 9.59 Å². The molecular weight excluding hydrogens is 276 g/mol. The lowest BCUT2D eigenvalue weighted by atomic mass is 10.2. The summed E-state index contributed by atoms with van der Waals surface area (Å²) < 4.78 is 10.4. The highest BCUT2D eigenvalue weighted by Gasteiger charge is 2.17. The predicted molar refractivity (Wildman–Crippen MR) is 75.5 cm³/mol.